The molecule has 5 rings (SSSR count). The largest absolute Gasteiger partial charge is 0.376 e. The number of alkyl halides is 2. The maximum absolute atomic E-state index is 13.7. The predicted octanol–water partition coefficient (Wildman–Crippen LogP) is 3.64. The van der Waals surface area contributed by atoms with E-state index in [4.69, 9.17) is 21.1 Å². The molecule has 8 heteroatoms. The van der Waals surface area contributed by atoms with E-state index in [0.29, 0.717) is 44.1 Å². The molecule has 182 valence electrons. The minimum absolute atomic E-state index is 0.0610. The molecule has 0 aromatic rings. The Labute approximate surface area is 195 Å². The van der Waals surface area contributed by atoms with Crippen LogP contribution in [0.4, 0.5) is 4.39 Å². The van der Waals surface area contributed by atoms with Gasteiger partial charge in [0.25, 0.3) is 0 Å². The molecule has 5 aliphatic carbocycles. The molecule has 0 saturated heterocycles. The molecule has 0 radical (unpaired) electrons. The summed E-state index contributed by atoms with van der Waals surface area (Å²) in [7, 11) is 0. The first-order valence-electron chi connectivity index (χ1n) is 12.3. The van der Waals surface area contributed by atoms with Gasteiger partial charge < -0.3 is 20.1 Å². The molecule has 6 nitrogen and oxygen atoms in total. The summed E-state index contributed by atoms with van der Waals surface area (Å²) >= 11 is 5.89. The second kappa shape index (κ2) is 9.75. The molecule has 0 aliphatic heterocycles. The van der Waals surface area contributed by atoms with E-state index in [-0.39, 0.29) is 48.0 Å². The summed E-state index contributed by atoms with van der Waals surface area (Å²) in [5.41, 5.74) is -0.549. The molecular formula is C24H38ClFN2O4. The van der Waals surface area contributed by atoms with Gasteiger partial charge in [0, 0.05) is 18.5 Å². The first-order chi connectivity index (χ1) is 15.2. The maximum atomic E-state index is 13.7. The Kier molecular flexibility index (Phi) is 7.38. The van der Waals surface area contributed by atoms with Crippen LogP contribution >= 0.6 is 11.6 Å². The van der Waals surface area contributed by atoms with Crippen LogP contribution in [0.2, 0.25) is 0 Å². The van der Waals surface area contributed by atoms with Crippen molar-refractivity contribution in [3.63, 3.8) is 0 Å². The van der Waals surface area contributed by atoms with Gasteiger partial charge in [0.15, 0.2) is 0 Å². The standard InChI is InChI=1S/C24H38ClFN2O4/c1-15(2)32-17-5-3-16(4-6-17)10-27-22(30)23-12-24(13-23,14-23)28-21(29)11-31-18-7-8-19(25)20(26)9-18/h15-20H,3-14H2,1-2H3,(H,27,30)(H,28,29). The lowest BCUT2D eigenvalue weighted by Gasteiger charge is -2.69. The van der Waals surface area contributed by atoms with Gasteiger partial charge in [-0.15, -0.1) is 11.6 Å². The fourth-order valence-electron chi connectivity index (χ4n) is 6.16. The van der Waals surface area contributed by atoms with Gasteiger partial charge in [0.05, 0.1) is 29.1 Å². The SMILES string of the molecule is CC(C)OC1CCC(CNC(=O)C23CC(NC(=O)COC4CCC(Cl)C(F)C4)(C2)C3)CC1. The molecule has 5 aliphatic rings. The van der Waals surface area contributed by atoms with Crippen LogP contribution in [0.5, 0.6) is 0 Å². The molecule has 5 saturated carbocycles. The van der Waals surface area contributed by atoms with E-state index in [0.717, 1.165) is 32.2 Å². The van der Waals surface area contributed by atoms with Gasteiger partial charge in [-0.1, -0.05) is 0 Å². The third-order valence-electron chi connectivity index (χ3n) is 7.82. The number of hydrogen-bond acceptors (Lipinski definition) is 4. The van der Waals surface area contributed by atoms with Crippen LogP contribution in [0.3, 0.4) is 0 Å². The molecule has 0 heterocycles. The lowest BCUT2D eigenvalue weighted by molar-refractivity contribution is -0.185. The number of carbonyl (C=O) groups excluding carboxylic acids is 2. The van der Waals surface area contributed by atoms with Crippen molar-refractivity contribution < 1.29 is 23.5 Å². The Morgan fingerprint density at radius 1 is 1.06 bits per heavy atom. The maximum Gasteiger partial charge on any atom is 0.246 e. The Hall–Kier alpha value is -0.920. The smallest absolute Gasteiger partial charge is 0.246 e. The third kappa shape index (κ3) is 5.41. The summed E-state index contributed by atoms with van der Waals surface area (Å²) in [4.78, 5) is 25.0. The Morgan fingerprint density at radius 2 is 1.72 bits per heavy atom. The van der Waals surface area contributed by atoms with Gasteiger partial charge in [-0.05, 0) is 77.6 Å². The first-order valence-corrected chi connectivity index (χ1v) is 12.8. The summed E-state index contributed by atoms with van der Waals surface area (Å²) in [5.74, 6) is 0.488. The highest BCUT2D eigenvalue weighted by molar-refractivity contribution is 6.21. The van der Waals surface area contributed by atoms with Crippen molar-refractivity contribution in [3.05, 3.63) is 0 Å². The number of carbonyl (C=O) groups is 2. The van der Waals surface area contributed by atoms with Crippen molar-refractivity contribution >= 4 is 23.4 Å². The first kappa shape index (κ1) is 24.2. The molecule has 0 aromatic heterocycles. The minimum Gasteiger partial charge on any atom is -0.376 e. The van der Waals surface area contributed by atoms with Crippen LogP contribution in [0.25, 0.3) is 0 Å². The number of nitrogens with one attached hydrogen (secondary N) is 2. The van der Waals surface area contributed by atoms with E-state index in [1.54, 1.807) is 0 Å². The minimum atomic E-state index is -1.07. The molecule has 3 unspecified atom stereocenters. The van der Waals surface area contributed by atoms with Crippen molar-refractivity contribution in [3.8, 4) is 0 Å². The second-order valence-corrected chi connectivity index (χ2v) is 11.5. The molecular weight excluding hydrogens is 435 g/mol. The highest BCUT2D eigenvalue weighted by Crippen LogP contribution is 2.67. The van der Waals surface area contributed by atoms with Crippen LogP contribution in [0.1, 0.15) is 78.1 Å². The third-order valence-corrected chi connectivity index (χ3v) is 8.31. The number of hydrogen-bond donors (Lipinski definition) is 2. The summed E-state index contributed by atoms with van der Waals surface area (Å²) in [5, 5.41) is 5.77. The van der Waals surface area contributed by atoms with Crippen molar-refractivity contribution in [2.45, 2.75) is 113 Å². The average molecular weight is 473 g/mol. The van der Waals surface area contributed by atoms with Crippen molar-refractivity contribution in [2.24, 2.45) is 11.3 Å². The highest BCUT2D eigenvalue weighted by atomic mass is 35.5. The fraction of sp³-hybridized carbons (Fsp3) is 0.917. The van der Waals surface area contributed by atoms with Crippen molar-refractivity contribution in [2.75, 3.05) is 13.2 Å². The molecule has 32 heavy (non-hydrogen) atoms. The zero-order valence-corrected chi connectivity index (χ0v) is 20.1. The second-order valence-electron chi connectivity index (χ2n) is 11.0. The predicted molar refractivity (Wildman–Crippen MR) is 120 cm³/mol. The number of rotatable bonds is 9. The average Bonchev–Trinajstić information content (AvgIpc) is 2.69. The lowest BCUT2D eigenvalue weighted by Crippen LogP contribution is -2.78. The molecule has 0 spiro atoms. The quantitative estimate of drug-likeness (QED) is 0.502. The van der Waals surface area contributed by atoms with E-state index in [1.807, 2.05) is 0 Å². The molecule has 0 aromatic carbocycles. The van der Waals surface area contributed by atoms with Crippen LogP contribution in [-0.2, 0) is 19.1 Å². The fourth-order valence-corrected chi connectivity index (χ4v) is 6.39. The summed E-state index contributed by atoms with van der Waals surface area (Å²) in [6.45, 7) is 4.83. The van der Waals surface area contributed by atoms with Crippen LogP contribution in [0.15, 0.2) is 0 Å². The van der Waals surface area contributed by atoms with Gasteiger partial charge in [0.1, 0.15) is 12.8 Å². The molecule has 3 atom stereocenters. The van der Waals surface area contributed by atoms with Gasteiger partial charge in [-0.25, -0.2) is 4.39 Å². The zero-order valence-electron chi connectivity index (χ0n) is 19.3. The number of ether oxygens (including phenoxy) is 2. The Bertz CT molecular complexity index is 678. The van der Waals surface area contributed by atoms with E-state index < -0.39 is 11.5 Å². The highest BCUT2D eigenvalue weighted by Gasteiger charge is 2.72. The zero-order chi connectivity index (χ0) is 22.9. The van der Waals surface area contributed by atoms with Crippen molar-refractivity contribution in [1.29, 1.82) is 0 Å². The van der Waals surface area contributed by atoms with Gasteiger partial charge >= 0.3 is 0 Å². The summed E-state index contributed by atoms with van der Waals surface area (Å²) in [6, 6.07) is 0. The monoisotopic (exact) mass is 472 g/mol. The molecule has 5 fully saturated rings. The van der Waals surface area contributed by atoms with E-state index in [2.05, 4.69) is 24.5 Å². The van der Waals surface area contributed by atoms with Crippen LogP contribution in [-0.4, -0.2) is 60.4 Å². The Morgan fingerprint density at radius 3 is 2.34 bits per heavy atom. The number of amides is 2. The van der Waals surface area contributed by atoms with E-state index >= 15 is 0 Å². The summed E-state index contributed by atoms with van der Waals surface area (Å²) in [6.07, 6.45) is 7.27. The normalized spacial score (nSPS) is 40.8. The summed E-state index contributed by atoms with van der Waals surface area (Å²) < 4.78 is 25.2. The van der Waals surface area contributed by atoms with Crippen LogP contribution in [0, 0.1) is 11.3 Å². The molecule has 2 bridgehead atoms. The topological polar surface area (TPSA) is 76.7 Å². The number of halogens is 2. The van der Waals surface area contributed by atoms with E-state index in [1.165, 1.54) is 0 Å². The van der Waals surface area contributed by atoms with Gasteiger partial charge in [-0.3, -0.25) is 9.59 Å². The van der Waals surface area contributed by atoms with Crippen LogP contribution < -0.4 is 10.6 Å². The van der Waals surface area contributed by atoms with Crippen molar-refractivity contribution in [1.82, 2.24) is 10.6 Å². The molecule has 2 amide bonds. The lowest BCUT2D eigenvalue weighted by atomic mass is 9.39. The Balaban J connectivity index is 1.10. The van der Waals surface area contributed by atoms with E-state index in [9.17, 15) is 14.0 Å². The van der Waals surface area contributed by atoms with Gasteiger partial charge in [-0.2, -0.15) is 0 Å². The molecule has 2 N–H and O–H groups in total. The van der Waals surface area contributed by atoms with Gasteiger partial charge in [0.2, 0.25) is 11.8 Å².